The molecule has 5 nitrogen and oxygen atoms in total. The minimum atomic E-state index is -1.44. The highest BCUT2D eigenvalue weighted by molar-refractivity contribution is 8.25. The summed E-state index contributed by atoms with van der Waals surface area (Å²) in [5.41, 5.74) is 8.85. The van der Waals surface area contributed by atoms with Crippen molar-refractivity contribution >= 4 is 38.9 Å². The molecule has 0 spiro atoms. The average Bonchev–Trinajstić information content (AvgIpc) is 3.54. The van der Waals surface area contributed by atoms with Crippen molar-refractivity contribution in [3.63, 3.8) is 0 Å². The molecule has 2 aromatic heterocycles. The number of aryl methyl sites for hydroxylation is 1. The molecule has 0 saturated carbocycles. The minimum absolute atomic E-state index is 0.294. The first-order valence-electron chi connectivity index (χ1n) is 14.4. The van der Waals surface area contributed by atoms with Crippen LogP contribution in [0.4, 0.5) is 4.39 Å². The molecule has 0 aliphatic heterocycles. The molecule has 0 aliphatic carbocycles. The fourth-order valence-electron chi connectivity index (χ4n) is 4.75. The molecule has 3 N–H and O–H groups in total. The van der Waals surface area contributed by atoms with Gasteiger partial charge in [0.05, 0.1) is 11.0 Å². The molecule has 0 amide bonds. The largest absolute Gasteiger partial charge is 0.378 e. The summed E-state index contributed by atoms with van der Waals surface area (Å²) in [7, 11) is 2.53. The molecule has 0 saturated heterocycles. The van der Waals surface area contributed by atoms with Crippen molar-refractivity contribution in [3.8, 4) is 11.4 Å². The molecule has 0 radical (unpaired) electrons. The second kappa shape index (κ2) is 14.9. The predicted octanol–water partition coefficient (Wildman–Crippen LogP) is 6.88. The second-order valence-electron chi connectivity index (χ2n) is 11.0. The van der Waals surface area contributed by atoms with Crippen LogP contribution < -0.4 is 15.3 Å². The number of nitrogens with one attached hydrogen (secondary N) is 3. The molecule has 1 aromatic carbocycles. The van der Waals surface area contributed by atoms with E-state index in [2.05, 4.69) is 57.9 Å². The van der Waals surface area contributed by atoms with E-state index in [1.54, 1.807) is 12.1 Å². The van der Waals surface area contributed by atoms with Crippen molar-refractivity contribution in [1.82, 2.24) is 24.8 Å². The number of aromatic amines is 2. The summed E-state index contributed by atoms with van der Waals surface area (Å²) in [5.74, 6) is 7.86. The molecule has 3 rings (SSSR count). The Hall–Kier alpha value is -4.33. The van der Waals surface area contributed by atoms with Crippen molar-refractivity contribution in [2.75, 3.05) is 20.4 Å². The van der Waals surface area contributed by atoms with Gasteiger partial charge in [0.1, 0.15) is 11.5 Å². The number of likely N-dealkylation sites (N-methyl/N-ethyl adjacent to an activating group) is 1. The Balaban J connectivity index is 2.16. The SMILES string of the molecule is C=C/C(=C\C(=C/C)C(=C)/C=c1/c(-c2cc(/C(=C\C=C/C)c3cc(F)cc(CNS(=C)(=C)C)c3)c(C)[nH]2)n[nH]/c1=C/C)N(C)C. The van der Waals surface area contributed by atoms with E-state index in [1.807, 2.05) is 95.5 Å². The van der Waals surface area contributed by atoms with E-state index in [0.29, 0.717) is 6.54 Å². The monoisotopic (exact) mass is 611 g/mol. The van der Waals surface area contributed by atoms with Gasteiger partial charge >= 0.3 is 0 Å². The Labute approximate surface area is 262 Å². The van der Waals surface area contributed by atoms with Crippen LogP contribution in [0.3, 0.4) is 0 Å². The zero-order chi connectivity index (χ0) is 32.6. The van der Waals surface area contributed by atoms with Gasteiger partial charge in [-0.25, -0.2) is 4.39 Å². The third kappa shape index (κ3) is 8.62. The van der Waals surface area contributed by atoms with Crippen LogP contribution in [-0.2, 0) is 6.54 Å². The van der Waals surface area contributed by atoms with E-state index in [1.165, 1.54) is 0 Å². The van der Waals surface area contributed by atoms with E-state index in [9.17, 15) is 4.39 Å². The van der Waals surface area contributed by atoms with Gasteiger partial charge in [-0.15, -0.1) is 0 Å². The topological polar surface area (TPSA) is 59.7 Å². The smallest absolute Gasteiger partial charge is 0.124 e. The van der Waals surface area contributed by atoms with Crippen LogP contribution in [0.25, 0.3) is 29.1 Å². The van der Waals surface area contributed by atoms with Crippen LogP contribution in [0.1, 0.15) is 43.2 Å². The number of nitrogens with zero attached hydrogens (tertiary/aromatic N) is 2. The number of hydrogen-bond acceptors (Lipinski definition) is 3. The number of hydrogen-bond donors (Lipinski definition) is 3. The van der Waals surface area contributed by atoms with Gasteiger partial charge in [0, 0.05) is 42.8 Å². The highest BCUT2D eigenvalue weighted by atomic mass is 32.2. The maximum atomic E-state index is 14.9. The maximum Gasteiger partial charge on any atom is 0.124 e. The number of rotatable bonds is 12. The van der Waals surface area contributed by atoms with Gasteiger partial charge in [-0.05, 0) is 104 Å². The lowest BCUT2D eigenvalue weighted by molar-refractivity contribution is 0.530. The molecule has 44 heavy (non-hydrogen) atoms. The van der Waals surface area contributed by atoms with E-state index >= 15 is 0 Å². The summed E-state index contributed by atoms with van der Waals surface area (Å²) in [4.78, 5) is 5.55. The number of aromatic nitrogens is 3. The van der Waals surface area contributed by atoms with E-state index in [-0.39, 0.29) is 5.82 Å². The molecule has 0 fully saturated rings. The molecule has 0 atom stereocenters. The summed E-state index contributed by atoms with van der Waals surface area (Å²) in [6, 6.07) is 7.22. The van der Waals surface area contributed by atoms with Gasteiger partial charge in [-0.3, -0.25) is 9.82 Å². The number of halogens is 1. The molecule has 3 aromatic rings. The van der Waals surface area contributed by atoms with Crippen LogP contribution in [0.15, 0.2) is 90.7 Å². The molecular weight excluding hydrogens is 566 g/mol. The van der Waals surface area contributed by atoms with Gasteiger partial charge < -0.3 is 9.88 Å². The lowest BCUT2D eigenvalue weighted by Crippen LogP contribution is -2.23. The van der Waals surface area contributed by atoms with Gasteiger partial charge in [0.15, 0.2) is 0 Å². The Bertz CT molecular complexity index is 1890. The fraction of sp³-hybridized carbons (Fsp3) is 0.216. The van der Waals surface area contributed by atoms with E-state index in [0.717, 1.165) is 66.8 Å². The number of allylic oxidation sites excluding steroid dienone is 8. The van der Waals surface area contributed by atoms with Gasteiger partial charge in [-0.1, -0.05) is 55.3 Å². The zero-order valence-corrected chi connectivity index (χ0v) is 28.0. The summed E-state index contributed by atoms with van der Waals surface area (Å²) in [6.45, 7) is 16.8. The van der Waals surface area contributed by atoms with Crippen molar-refractivity contribution < 1.29 is 4.39 Å². The van der Waals surface area contributed by atoms with E-state index in [4.69, 9.17) is 5.10 Å². The Morgan fingerprint density at radius 2 is 1.86 bits per heavy atom. The van der Waals surface area contributed by atoms with Crippen LogP contribution in [0.2, 0.25) is 0 Å². The van der Waals surface area contributed by atoms with Crippen LogP contribution in [-0.4, -0.2) is 52.2 Å². The molecule has 0 bridgehead atoms. The van der Waals surface area contributed by atoms with Crippen LogP contribution in [0, 0.1) is 12.7 Å². The Kier molecular flexibility index (Phi) is 11.6. The average molecular weight is 612 g/mol. The molecule has 232 valence electrons. The minimum Gasteiger partial charge on any atom is -0.378 e. The zero-order valence-electron chi connectivity index (χ0n) is 27.1. The van der Waals surface area contributed by atoms with Gasteiger partial charge in [0.2, 0.25) is 0 Å². The molecule has 0 unspecified atom stereocenters. The first-order valence-corrected chi connectivity index (χ1v) is 16.8. The highest BCUT2D eigenvalue weighted by Crippen LogP contribution is 2.31. The third-order valence-corrected chi connectivity index (χ3v) is 7.90. The molecule has 0 aliphatic rings. The summed E-state index contributed by atoms with van der Waals surface area (Å²) in [6.07, 6.45) is 17.9. The fourth-order valence-corrected chi connectivity index (χ4v) is 5.26. The van der Waals surface area contributed by atoms with Crippen molar-refractivity contribution in [1.29, 1.82) is 0 Å². The van der Waals surface area contributed by atoms with Crippen molar-refractivity contribution in [2.45, 2.75) is 34.2 Å². The normalized spacial score (nSPS) is 14.1. The standard InChI is InChI=1S/C37H46FN5S/c1-12-16-17-32(29-19-27(20-30(38)21-29)24-39-44(9,10)11)33-23-36(40-26(33)6)37-34(35(15-4)41-42-37)18-25(5)28(13-2)22-31(14-3)43(7)8/h12-23,39-41H,3,5,9-10,24H2,1-2,4,6-8,11H3/b16-12-,28-13+,31-22+,32-17-,34-18+,35-15+. The number of H-pyrrole nitrogens is 2. The predicted molar refractivity (Wildman–Crippen MR) is 195 cm³/mol. The maximum absolute atomic E-state index is 14.9. The second-order valence-corrected chi connectivity index (χ2v) is 13.9. The van der Waals surface area contributed by atoms with Gasteiger partial charge in [0.25, 0.3) is 0 Å². The molecule has 2 heterocycles. The van der Waals surface area contributed by atoms with Gasteiger partial charge in [-0.2, -0.15) is 14.5 Å². The third-order valence-electron chi connectivity index (χ3n) is 7.06. The van der Waals surface area contributed by atoms with Crippen LogP contribution in [0.5, 0.6) is 0 Å². The summed E-state index contributed by atoms with van der Waals surface area (Å²) >= 11 is 0. The van der Waals surface area contributed by atoms with Crippen LogP contribution >= 0.6 is 9.39 Å². The highest BCUT2D eigenvalue weighted by Gasteiger charge is 2.16. The summed E-state index contributed by atoms with van der Waals surface area (Å²) in [5, 5.41) is 9.68. The first kappa shape index (κ1) is 34.2. The first-order chi connectivity index (χ1) is 20.8. The quantitative estimate of drug-likeness (QED) is 0.155. The number of benzene rings is 1. The molecule has 7 heteroatoms. The van der Waals surface area contributed by atoms with E-state index < -0.39 is 9.39 Å². The summed E-state index contributed by atoms with van der Waals surface area (Å²) < 4.78 is 18.2. The van der Waals surface area contributed by atoms with Crippen molar-refractivity contribution in [3.05, 3.63) is 129 Å². The Morgan fingerprint density at radius 3 is 2.45 bits per heavy atom. The lowest BCUT2D eigenvalue weighted by Gasteiger charge is -2.14. The Morgan fingerprint density at radius 1 is 1.14 bits per heavy atom. The van der Waals surface area contributed by atoms with Crippen molar-refractivity contribution in [2.24, 2.45) is 0 Å². The lowest BCUT2D eigenvalue weighted by atomic mass is 9.95. The molecular formula is C37H46FN5S.